The highest BCUT2D eigenvalue weighted by molar-refractivity contribution is 6.06. The molecule has 3 N–H and O–H groups in total. The molecule has 1 aromatic heterocycles. The molecule has 2 aromatic rings. The average Bonchev–Trinajstić information content (AvgIpc) is 2.83. The van der Waals surface area contributed by atoms with Crippen LogP contribution in [0.1, 0.15) is 10.5 Å². The number of nitrogens with zero attached hydrogens (tertiary/aromatic N) is 3. The largest absolute Gasteiger partial charge is 0.497 e. The Kier molecular flexibility index (Phi) is 3.13. The minimum atomic E-state index is -0.327. The second kappa shape index (κ2) is 4.74. The number of nitrogen functional groups attached to an aromatic ring is 1. The first-order chi connectivity index (χ1) is 8.63. The number of aromatic amines is 1. The minimum absolute atomic E-state index is 0.0837. The van der Waals surface area contributed by atoms with Gasteiger partial charge in [0.05, 0.1) is 7.11 Å². The number of nitrogens with two attached hydrogens (primary N) is 1. The van der Waals surface area contributed by atoms with Gasteiger partial charge in [-0.1, -0.05) is 0 Å². The number of carbonyl (C=O) groups is 1. The molecule has 1 aromatic carbocycles. The van der Waals surface area contributed by atoms with Gasteiger partial charge in [0.2, 0.25) is 0 Å². The number of hydrogen-bond donors (Lipinski definition) is 2. The molecule has 0 saturated heterocycles. The van der Waals surface area contributed by atoms with Crippen molar-refractivity contribution in [3.8, 4) is 5.75 Å². The molecule has 0 spiro atoms. The Morgan fingerprint density at radius 3 is 2.50 bits per heavy atom. The Bertz CT molecular complexity index is 549. The maximum atomic E-state index is 12.1. The molecule has 0 aliphatic heterocycles. The standard InChI is InChI=1S/C11H13N5O2/c1-16(7-3-5-8(18-2)6-4-7)11(17)9-10(12)14-15-13-9/h3-6H,1-2H3,(H3,12,13,14,15). The Morgan fingerprint density at radius 2 is 2.00 bits per heavy atom. The molecule has 1 amide bonds. The van der Waals surface area contributed by atoms with E-state index in [0.717, 1.165) is 5.75 Å². The summed E-state index contributed by atoms with van der Waals surface area (Å²) in [5.74, 6) is 0.479. The van der Waals surface area contributed by atoms with Gasteiger partial charge in [0.15, 0.2) is 11.5 Å². The van der Waals surface area contributed by atoms with E-state index in [0.29, 0.717) is 5.69 Å². The molecule has 0 radical (unpaired) electrons. The maximum Gasteiger partial charge on any atom is 0.282 e. The Labute approximate surface area is 104 Å². The number of methoxy groups -OCH3 is 1. The number of ether oxygens (including phenoxy) is 1. The SMILES string of the molecule is COc1ccc(N(C)C(=O)c2n[nH]nc2N)cc1. The summed E-state index contributed by atoms with van der Waals surface area (Å²) in [5.41, 5.74) is 6.35. The molecule has 1 heterocycles. The maximum absolute atomic E-state index is 12.1. The summed E-state index contributed by atoms with van der Waals surface area (Å²) in [6.07, 6.45) is 0. The zero-order valence-corrected chi connectivity index (χ0v) is 10.0. The van der Waals surface area contributed by atoms with E-state index in [1.807, 2.05) is 0 Å². The lowest BCUT2D eigenvalue weighted by molar-refractivity contribution is 0.0989. The van der Waals surface area contributed by atoms with E-state index >= 15 is 0 Å². The first kappa shape index (κ1) is 11.9. The third-order valence-electron chi connectivity index (χ3n) is 2.54. The molecular weight excluding hydrogens is 234 g/mol. The molecule has 0 atom stereocenters. The summed E-state index contributed by atoms with van der Waals surface area (Å²) in [6.45, 7) is 0. The molecule has 2 rings (SSSR count). The number of carbonyl (C=O) groups excluding carboxylic acids is 1. The van der Waals surface area contributed by atoms with Crippen molar-refractivity contribution in [2.45, 2.75) is 0 Å². The Morgan fingerprint density at radius 1 is 1.33 bits per heavy atom. The fraction of sp³-hybridized carbons (Fsp3) is 0.182. The smallest absolute Gasteiger partial charge is 0.282 e. The molecule has 7 heteroatoms. The summed E-state index contributed by atoms with van der Waals surface area (Å²) in [5, 5.41) is 9.65. The zero-order chi connectivity index (χ0) is 13.1. The number of benzene rings is 1. The van der Waals surface area contributed by atoms with E-state index in [4.69, 9.17) is 10.5 Å². The van der Waals surface area contributed by atoms with Crippen molar-refractivity contribution in [3.63, 3.8) is 0 Å². The number of nitrogens with one attached hydrogen (secondary N) is 1. The summed E-state index contributed by atoms with van der Waals surface area (Å²) in [4.78, 5) is 13.5. The van der Waals surface area contributed by atoms with Gasteiger partial charge in [-0.05, 0) is 24.3 Å². The van der Waals surface area contributed by atoms with E-state index in [2.05, 4.69) is 15.4 Å². The normalized spacial score (nSPS) is 10.1. The third-order valence-corrected chi connectivity index (χ3v) is 2.54. The van der Waals surface area contributed by atoms with E-state index in [-0.39, 0.29) is 17.4 Å². The number of anilines is 2. The molecule has 0 bridgehead atoms. The number of H-pyrrole nitrogens is 1. The van der Waals surface area contributed by atoms with E-state index in [9.17, 15) is 4.79 Å². The third kappa shape index (κ3) is 2.10. The quantitative estimate of drug-likeness (QED) is 0.830. The minimum Gasteiger partial charge on any atom is -0.497 e. The van der Waals surface area contributed by atoms with Crippen LogP contribution in [0.3, 0.4) is 0 Å². The van der Waals surface area contributed by atoms with Crippen molar-refractivity contribution in [1.29, 1.82) is 0 Å². The average molecular weight is 247 g/mol. The van der Waals surface area contributed by atoms with Crippen LogP contribution < -0.4 is 15.4 Å². The van der Waals surface area contributed by atoms with Crippen LogP contribution in [0.15, 0.2) is 24.3 Å². The van der Waals surface area contributed by atoms with Crippen molar-refractivity contribution in [3.05, 3.63) is 30.0 Å². The number of amides is 1. The van der Waals surface area contributed by atoms with Crippen LogP contribution in [-0.4, -0.2) is 35.5 Å². The predicted molar refractivity (Wildman–Crippen MR) is 66.5 cm³/mol. The highest BCUT2D eigenvalue weighted by atomic mass is 16.5. The molecule has 94 valence electrons. The summed E-state index contributed by atoms with van der Waals surface area (Å²) < 4.78 is 5.05. The fourth-order valence-corrected chi connectivity index (χ4v) is 1.48. The van der Waals surface area contributed by atoms with Gasteiger partial charge in [-0.2, -0.15) is 5.21 Å². The van der Waals surface area contributed by atoms with E-state index in [1.54, 1.807) is 38.4 Å². The fourth-order valence-electron chi connectivity index (χ4n) is 1.48. The van der Waals surface area contributed by atoms with Gasteiger partial charge < -0.3 is 15.4 Å². The van der Waals surface area contributed by atoms with Gasteiger partial charge in [0.1, 0.15) is 5.75 Å². The van der Waals surface area contributed by atoms with Crippen LogP contribution in [0.25, 0.3) is 0 Å². The van der Waals surface area contributed by atoms with Crippen molar-refractivity contribution >= 4 is 17.4 Å². The van der Waals surface area contributed by atoms with Gasteiger partial charge >= 0.3 is 0 Å². The molecular formula is C11H13N5O2. The molecule has 0 fully saturated rings. The van der Waals surface area contributed by atoms with E-state index < -0.39 is 0 Å². The second-order valence-corrected chi connectivity index (χ2v) is 3.62. The Hall–Kier alpha value is -2.57. The van der Waals surface area contributed by atoms with Gasteiger partial charge in [-0.25, -0.2) is 0 Å². The number of hydrogen-bond acceptors (Lipinski definition) is 5. The van der Waals surface area contributed by atoms with Crippen LogP contribution in [0.2, 0.25) is 0 Å². The number of aromatic nitrogens is 3. The first-order valence-corrected chi connectivity index (χ1v) is 5.22. The van der Waals surface area contributed by atoms with Crippen LogP contribution in [0.5, 0.6) is 5.75 Å². The van der Waals surface area contributed by atoms with Crippen LogP contribution in [0, 0.1) is 0 Å². The topological polar surface area (TPSA) is 97.1 Å². The molecule has 0 saturated carbocycles. The van der Waals surface area contributed by atoms with Gasteiger partial charge in [0, 0.05) is 12.7 Å². The van der Waals surface area contributed by atoms with E-state index in [1.165, 1.54) is 4.90 Å². The molecule has 0 aliphatic rings. The zero-order valence-electron chi connectivity index (χ0n) is 10.0. The molecule has 18 heavy (non-hydrogen) atoms. The number of rotatable bonds is 3. The van der Waals surface area contributed by atoms with Crippen molar-refractivity contribution in [2.75, 3.05) is 24.8 Å². The lowest BCUT2D eigenvalue weighted by Crippen LogP contribution is -2.27. The Balaban J connectivity index is 2.23. The lowest BCUT2D eigenvalue weighted by atomic mass is 10.2. The van der Waals surface area contributed by atoms with Gasteiger partial charge in [0.25, 0.3) is 5.91 Å². The van der Waals surface area contributed by atoms with Gasteiger partial charge in [-0.3, -0.25) is 4.79 Å². The van der Waals surface area contributed by atoms with Crippen molar-refractivity contribution in [2.24, 2.45) is 0 Å². The molecule has 7 nitrogen and oxygen atoms in total. The van der Waals surface area contributed by atoms with Crippen molar-refractivity contribution < 1.29 is 9.53 Å². The van der Waals surface area contributed by atoms with Crippen LogP contribution in [0.4, 0.5) is 11.5 Å². The van der Waals surface area contributed by atoms with Crippen LogP contribution >= 0.6 is 0 Å². The highest BCUT2D eigenvalue weighted by Gasteiger charge is 2.19. The highest BCUT2D eigenvalue weighted by Crippen LogP contribution is 2.20. The van der Waals surface area contributed by atoms with Gasteiger partial charge in [-0.15, -0.1) is 10.2 Å². The van der Waals surface area contributed by atoms with Crippen molar-refractivity contribution in [1.82, 2.24) is 15.4 Å². The summed E-state index contributed by atoms with van der Waals surface area (Å²) in [7, 11) is 3.22. The second-order valence-electron chi connectivity index (χ2n) is 3.62. The monoisotopic (exact) mass is 247 g/mol. The molecule has 0 aliphatic carbocycles. The molecule has 0 unspecified atom stereocenters. The lowest BCUT2D eigenvalue weighted by Gasteiger charge is -2.16. The predicted octanol–water partition coefficient (Wildman–Crippen LogP) is 0.672. The first-order valence-electron chi connectivity index (χ1n) is 5.22. The summed E-state index contributed by atoms with van der Waals surface area (Å²) >= 11 is 0. The summed E-state index contributed by atoms with van der Waals surface area (Å²) in [6, 6.07) is 7.08. The van der Waals surface area contributed by atoms with Crippen LogP contribution in [-0.2, 0) is 0 Å².